The van der Waals surface area contributed by atoms with Gasteiger partial charge in [-0.25, -0.2) is 0 Å². The highest BCUT2D eigenvalue weighted by molar-refractivity contribution is 6.20. The number of amides is 2. The lowest BCUT2D eigenvalue weighted by atomic mass is 10.1. The summed E-state index contributed by atoms with van der Waals surface area (Å²) in [6.07, 6.45) is 2.21. The average Bonchev–Trinajstić information content (AvgIpc) is 2.61. The van der Waals surface area contributed by atoms with Gasteiger partial charge in [-0.2, -0.15) is 5.26 Å². The van der Waals surface area contributed by atoms with Crippen LogP contribution in [0, 0.1) is 11.3 Å². The van der Waals surface area contributed by atoms with Gasteiger partial charge in [-0.05, 0) is 18.6 Å². The number of nitrogens with zero attached hydrogens (tertiary/aromatic N) is 3. The highest BCUT2D eigenvalue weighted by Gasteiger charge is 2.40. The van der Waals surface area contributed by atoms with E-state index in [1.807, 2.05) is 13.0 Å². The number of hydrogen-bond acceptors (Lipinski definition) is 4. The molecule has 1 aliphatic heterocycles. The van der Waals surface area contributed by atoms with Crippen molar-refractivity contribution in [3.63, 3.8) is 0 Å². The molecule has 1 aromatic rings. The van der Waals surface area contributed by atoms with E-state index in [-0.39, 0.29) is 24.1 Å². The Labute approximate surface area is 98.7 Å². The van der Waals surface area contributed by atoms with E-state index in [4.69, 9.17) is 5.26 Å². The maximum Gasteiger partial charge on any atom is 0.280 e. The number of rotatable bonds is 3. The summed E-state index contributed by atoms with van der Waals surface area (Å²) < 4.78 is 0. The van der Waals surface area contributed by atoms with E-state index in [0.717, 1.165) is 4.90 Å². The molecule has 17 heavy (non-hydrogen) atoms. The van der Waals surface area contributed by atoms with Crippen LogP contribution in [0.1, 0.15) is 40.6 Å². The van der Waals surface area contributed by atoms with Crippen molar-refractivity contribution >= 4 is 11.8 Å². The molecule has 0 bridgehead atoms. The van der Waals surface area contributed by atoms with E-state index in [1.54, 1.807) is 12.1 Å². The molecule has 2 heterocycles. The van der Waals surface area contributed by atoms with Gasteiger partial charge in [0.25, 0.3) is 11.8 Å². The van der Waals surface area contributed by atoms with Crippen molar-refractivity contribution in [2.24, 2.45) is 0 Å². The van der Waals surface area contributed by atoms with Crippen molar-refractivity contribution in [2.45, 2.75) is 25.8 Å². The summed E-state index contributed by atoms with van der Waals surface area (Å²) in [5.74, 6) is -0.743. The van der Waals surface area contributed by atoms with E-state index >= 15 is 0 Å². The van der Waals surface area contributed by atoms with Crippen LogP contribution >= 0.6 is 0 Å². The summed E-state index contributed by atoms with van der Waals surface area (Å²) in [7, 11) is 0. The van der Waals surface area contributed by atoms with Crippen molar-refractivity contribution in [3.8, 4) is 6.07 Å². The molecule has 0 aliphatic carbocycles. The van der Waals surface area contributed by atoms with E-state index in [2.05, 4.69) is 4.98 Å². The zero-order valence-electron chi connectivity index (χ0n) is 9.38. The Kier molecular flexibility index (Phi) is 2.88. The maximum absolute atomic E-state index is 12.0. The van der Waals surface area contributed by atoms with Gasteiger partial charge < -0.3 is 0 Å². The minimum atomic E-state index is -0.396. The van der Waals surface area contributed by atoms with Gasteiger partial charge in [-0.1, -0.05) is 6.92 Å². The summed E-state index contributed by atoms with van der Waals surface area (Å²) in [6.45, 7) is 1.85. The van der Waals surface area contributed by atoms with Gasteiger partial charge in [0.15, 0.2) is 0 Å². The predicted molar refractivity (Wildman–Crippen MR) is 59.0 cm³/mol. The highest BCUT2D eigenvalue weighted by Crippen LogP contribution is 2.24. The summed E-state index contributed by atoms with van der Waals surface area (Å²) in [6, 6.07) is 4.84. The van der Waals surface area contributed by atoms with Crippen molar-refractivity contribution in [1.82, 2.24) is 9.88 Å². The third-order valence-electron chi connectivity index (χ3n) is 2.84. The molecule has 5 heteroatoms. The van der Waals surface area contributed by atoms with Crippen LogP contribution in [0.2, 0.25) is 0 Å². The Morgan fingerprint density at radius 3 is 2.82 bits per heavy atom. The summed E-state index contributed by atoms with van der Waals surface area (Å²) in [4.78, 5) is 29.1. The van der Waals surface area contributed by atoms with E-state index in [1.165, 1.54) is 6.20 Å². The molecule has 0 N–H and O–H groups in total. The van der Waals surface area contributed by atoms with Crippen LogP contribution in [-0.4, -0.2) is 27.7 Å². The zero-order chi connectivity index (χ0) is 12.4. The fraction of sp³-hybridized carbons (Fsp3) is 0.333. The molecule has 1 aromatic heterocycles. The maximum atomic E-state index is 12.0. The van der Waals surface area contributed by atoms with Crippen LogP contribution in [0.3, 0.4) is 0 Å². The molecule has 0 saturated carbocycles. The number of imide groups is 1. The topological polar surface area (TPSA) is 74.1 Å². The summed E-state index contributed by atoms with van der Waals surface area (Å²) in [5, 5.41) is 8.70. The molecular formula is C12H11N3O2. The summed E-state index contributed by atoms with van der Waals surface area (Å²) in [5.41, 5.74) is 0.516. The molecule has 0 spiro atoms. The number of carbonyl (C=O) groups is 2. The van der Waals surface area contributed by atoms with Crippen LogP contribution in [-0.2, 0) is 0 Å². The Balaban J connectivity index is 2.39. The smallest absolute Gasteiger partial charge is 0.269 e. The first-order chi connectivity index (χ1) is 8.20. The molecule has 0 radical (unpaired) electrons. The molecular weight excluding hydrogens is 218 g/mol. The highest BCUT2D eigenvalue weighted by atomic mass is 16.2. The molecule has 0 fully saturated rings. The van der Waals surface area contributed by atoms with Crippen LogP contribution in [0.5, 0.6) is 0 Å². The first-order valence-electron chi connectivity index (χ1n) is 5.40. The molecule has 5 nitrogen and oxygen atoms in total. The number of carbonyl (C=O) groups excluding carboxylic acids is 2. The third kappa shape index (κ3) is 1.68. The fourth-order valence-electron chi connectivity index (χ4n) is 1.94. The monoisotopic (exact) mass is 229 g/mol. The Morgan fingerprint density at radius 1 is 1.47 bits per heavy atom. The van der Waals surface area contributed by atoms with Crippen molar-refractivity contribution in [2.75, 3.05) is 0 Å². The van der Waals surface area contributed by atoms with Crippen LogP contribution < -0.4 is 0 Å². The number of hydrogen-bond donors (Lipinski definition) is 0. The minimum Gasteiger partial charge on any atom is -0.269 e. The Morgan fingerprint density at radius 2 is 2.24 bits per heavy atom. The van der Waals surface area contributed by atoms with Gasteiger partial charge in [0.05, 0.1) is 24.1 Å². The molecule has 1 aliphatic rings. The second-order valence-corrected chi connectivity index (χ2v) is 3.80. The van der Waals surface area contributed by atoms with Crippen molar-refractivity contribution < 1.29 is 9.59 Å². The number of aromatic nitrogens is 1. The molecule has 2 rings (SSSR count). The minimum absolute atomic E-state index is 0.155. The second kappa shape index (κ2) is 4.34. The largest absolute Gasteiger partial charge is 0.280 e. The predicted octanol–water partition coefficient (Wildman–Crippen LogP) is 1.37. The first kappa shape index (κ1) is 11.3. The Hall–Kier alpha value is -2.22. The third-order valence-corrected chi connectivity index (χ3v) is 2.84. The molecule has 1 atom stereocenters. The van der Waals surface area contributed by atoms with Gasteiger partial charge in [0, 0.05) is 6.20 Å². The average molecular weight is 229 g/mol. The van der Waals surface area contributed by atoms with Gasteiger partial charge >= 0.3 is 0 Å². The second-order valence-electron chi connectivity index (χ2n) is 3.80. The van der Waals surface area contributed by atoms with Gasteiger partial charge in [-0.3, -0.25) is 19.5 Å². The quantitative estimate of drug-likeness (QED) is 0.733. The first-order valence-corrected chi connectivity index (χ1v) is 5.40. The lowest BCUT2D eigenvalue weighted by molar-refractivity contribution is 0.0581. The number of pyridine rings is 1. The van der Waals surface area contributed by atoms with E-state index in [9.17, 15) is 9.59 Å². The molecule has 2 amide bonds. The molecule has 86 valence electrons. The van der Waals surface area contributed by atoms with Gasteiger partial charge in [0.1, 0.15) is 5.69 Å². The lowest BCUT2D eigenvalue weighted by Crippen LogP contribution is -2.39. The lowest BCUT2D eigenvalue weighted by Gasteiger charge is -2.22. The normalized spacial score (nSPS) is 15.6. The van der Waals surface area contributed by atoms with Gasteiger partial charge in [0.2, 0.25) is 0 Å². The number of nitriles is 1. The SMILES string of the molecule is CCC(CC#N)N1C(=O)c2cccnc2C1=O. The summed E-state index contributed by atoms with van der Waals surface area (Å²) >= 11 is 0. The Bertz CT molecular complexity index is 484. The van der Waals surface area contributed by atoms with Crippen LogP contribution in [0.15, 0.2) is 18.3 Å². The van der Waals surface area contributed by atoms with E-state index < -0.39 is 5.91 Å². The standard InChI is InChI=1S/C12H11N3O2/c1-2-8(5-6-13)15-11(16)9-4-3-7-14-10(9)12(15)17/h3-4,7-8H,2,5H2,1H3. The molecule has 1 unspecified atom stereocenters. The number of fused-ring (bicyclic) bond motifs is 1. The zero-order valence-corrected chi connectivity index (χ0v) is 9.38. The fourth-order valence-corrected chi connectivity index (χ4v) is 1.94. The van der Waals surface area contributed by atoms with Crippen LogP contribution in [0.25, 0.3) is 0 Å². The molecule has 0 saturated heterocycles. The van der Waals surface area contributed by atoms with Gasteiger partial charge in [-0.15, -0.1) is 0 Å². The molecule has 0 aromatic carbocycles. The van der Waals surface area contributed by atoms with Crippen LogP contribution in [0.4, 0.5) is 0 Å². The van der Waals surface area contributed by atoms with Crippen molar-refractivity contribution in [3.05, 3.63) is 29.6 Å². The van der Waals surface area contributed by atoms with E-state index in [0.29, 0.717) is 12.0 Å². The van der Waals surface area contributed by atoms with Crippen molar-refractivity contribution in [1.29, 1.82) is 5.26 Å².